The topological polar surface area (TPSA) is 24.1 Å². The zero-order valence-electron chi connectivity index (χ0n) is 11.7. The number of thiophene rings is 1. The molecule has 0 spiro atoms. The van der Waals surface area contributed by atoms with E-state index in [1.165, 1.54) is 36.2 Å². The molecule has 1 fully saturated rings. The fraction of sp³-hybridized carbons (Fsp3) is 0.733. The highest BCUT2D eigenvalue weighted by Gasteiger charge is 2.19. The molecule has 18 heavy (non-hydrogen) atoms. The zero-order chi connectivity index (χ0) is 12.8. The van der Waals surface area contributed by atoms with Gasteiger partial charge in [0.05, 0.1) is 0 Å². The molecule has 2 atom stereocenters. The number of aryl methyl sites for hydroxylation is 1. The SMILES string of the molecule is CCc1ccsc1CNCC1CC(CC)CCN1. The van der Waals surface area contributed by atoms with Crippen LogP contribution >= 0.6 is 11.3 Å². The second-order valence-corrected chi connectivity index (χ2v) is 6.30. The van der Waals surface area contributed by atoms with E-state index in [-0.39, 0.29) is 0 Å². The Hall–Kier alpha value is -0.380. The van der Waals surface area contributed by atoms with Crippen molar-refractivity contribution in [3.8, 4) is 0 Å². The van der Waals surface area contributed by atoms with Crippen LogP contribution in [0, 0.1) is 5.92 Å². The largest absolute Gasteiger partial charge is 0.313 e. The first-order valence-electron chi connectivity index (χ1n) is 7.32. The van der Waals surface area contributed by atoms with Gasteiger partial charge >= 0.3 is 0 Å². The molecule has 2 nitrogen and oxygen atoms in total. The minimum absolute atomic E-state index is 0.675. The number of piperidine rings is 1. The van der Waals surface area contributed by atoms with Crippen LogP contribution in [0.1, 0.15) is 43.6 Å². The molecule has 2 unspecified atom stereocenters. The summed E-state index contributed by atoms with van der Waals surface area (Å²) < 4.78 is 0. The van der Waals surface area contributed by atoms with E-state index in [9.17, 15) is 0 Å². The Bertz CT molecular complexity index is 348. The predicted octanol–water partition coefficient (Wildman–Crippen LogP) is 3.18. The molecule has 0 aromatic carbocycles. The van der Waals surface area contributed by atoms with Crippen molar-refractivity contribution in [2.75, 3.05) is 13.1 Å². The third-order valence-corrected chi connectivity index (χ3v) is 5.04. The van der Waals surface area contributed by atoms with Crippen LogP contribution in [0.4, 0.5) is 0 Å². The van der Waals surface area contributed by atoms with Gasteiger partial charge in [0.1, 0.15) is 0 Å². The molecule has 1 aromatic rings. The average molecular weight is 266 g/mol. The summed E-state index contributed by atoms with van der Waals surface area (Å²) in [5.74, 6) is 0.936. The Kier molecular flexibility index (Phi) is 5.67. The van der Waals surface area contributed by atoms with Crippen molar-refractivity contribution in [2.45, 2.75) is 52.1 Å². The quantitative estimate of drug-likeness (QED) is 0.826. The lowest BCUT2D eigenvalue weighted by Crippen LogP contribution is -2.44. The summed E-state index contributed by atoms with van der Waals surface area (Å²) in [6.45, 7) is 7.90. The van der Waals surface area contributed by atoms with Crippen LogP contribution in [-0.4, -0.2) is 19.1 Å². The van der Waals surface area contributed by atoms with Gasteiger partial charge in [-0.15, -0.1) is 11.3 Å². The fourth-order valence-corrected chi connectivity index (χ4v) is 3.76. The van der Waals surface area contributed by atoms with Gasteiger partial charge in [0, 0.05) is 24.0 Å². The molecule has 0 saturated carbocycles. The summed E-state index contributed by atoms with van der Waals surface area (Å²) in [4.78, 5) is 1.51. The summed E-state index contributed by atoms with van der Waals surface area (Å²) in [6.07, 6.45) is 5.19. The molecule has 1 aliphatic heterocycles. The third kappa shape index (κ3) is 3.81. The second-order valence-electron chi connectivity index (χ2n) is 5.30. The van der Waals surface area contributed by atoms with E-state index in [2.05, 4.69) is 35.9 Å². The van der Waals surface area contributed by atoms with Crippen LogP contribution in [0.3, 0.4) is 0 Å². The van der Waals surface area contributed by atoms with Gasteiger partial charge in [-0.2, -0.15) is 0 Å². The highest BCUT2D eigenvalue weighted by molar-refractivity contribution is 7.10. The van der Waals surface area contributed by atoms with Crippen LogP contribution in [0.25, 0.3) is 0 Å². The Labute approximate surface area is 115 Å². The van der Waals surface area contributed by atoms with E-state index in [0.29, 0.717) is 6.04 Å². The molecule has 0 aliphatic carbocycles. The molecule has 0 radical (unpaired) electrons. The first kappa shape index (κ1) is 14.0. The van der Waals surface area contributed by atoms with E-state index in [1.807, 2.05) is 11.3 Å². The first-order valence-corrected chi connectivity index (χ1v) is 8.20. The summed E-state index contributed by atoms with van der Waals surface area (Å²) in [5.41, 5.74) is 1.51. The summed E-state index contributed by atoms with van der Waals surface area (Å²) in [6, 6.07) is 2.93. The normalized spacial score (nSPS) is 24.3. The molecule has 102 valence electrons. The van der Waals surface area contributed by atoms with Crippen molar-refractivity contribution < 1.29 is 0 Å². The number of hydrogen-bond acceptors (Lipinski definition) is 3. The van der Waals surface area contributed by atoms with Crippen LogP contribution in [-0.2, 0) is 13.0 Å². The van der Waals surface area contributed by atoms with Crippen molar-refractivity contribution >= 4 is 11.3 Å². The minimum Gasteiger partial charge on any atom is -0.313 e. The van der Waals surface area contributed by atoms with Gasteiger partial charge in [0.2, 0.25) is 0 Å². The number of hydrogen-bond donors (Lipinski definition) is 2. The van der Waals surface area contributed by atoms with Gasteiger partial charge in [-0.05, 0) is 48.7 Å². The van der Waals surface area contributed by atoms with Gasteiger partial charge in [-0.25, -0.2) is 0 Å². The lowest BCUT2D eigenvalue weighted by atomic mass is 9.90. The Morgan fingerprint density at radius 3 is 3.11 bits per heavy atom. The standard InChI is InChI=1S/C15H26N2S/c1-3-12-5-7-17-14(9-12)10-16-11-15-13(4-2)6-8-18-15/h6,8,12,14,16-17H,3-5,7,9-11H2,1-2H3. The van der Waals surface area contributed by atoms with Gasteiger partial charge in [0.15, 0.2) is 0 Å². The molecular weight excluding hydrogens is 240 g/mol. The summed E-state index contributed by atoms with van der Waals surface area (Å²) >= 11 is 1.88. The van der Waals surface area contributed by atoms with E-state index in [4.69, 9.17) is 0 Å². The van der Waals surface area contributed by atoms with Crippen molar-refractivity contribution in [1.82, 2.24) is 10.6 Å². The van der Waals surface area contributed by atoms with Crippen molar-refractivity contribution in [3.63, 3.8) is 0 Å². The van der Waals surface area contributed by atoms with Crippen molar-refractivity contribution in [2.24, 2.45) is 5.92 Å². The Morgan fingerprint density at radius 1 is 1.44 bits per heavy atom. The average Bonchev–Trinajstić information content (AvgIpc) is 2.86. The number of rotatable bonds is 6. The highest BCUT2D eigenvalue weighted by atomic mass is 32.1. The predicted molar refractivity (Wildman–Crippen MR) is 80.2 cm³/mol. The zero-order valence-corrected chi connectivity index (χ0v) is 12.5. The van der Waals surface area contributed by atoms with Crippen LogP contribution in [0.2, 0.25) is 0 Å². The summed E-state index contributed by atoms with van der Waals surface area (Å²) in [5, 5.41) is 9.47. The van der Waals surface area contributed by atoms with E-state index in [1.54, 1.807) is 0 Å². The molecule has 3 heteroatoms. The van der Waals surface area contributed by atoms with E-state index >= 15 is 0 Å². The maximum absolute atomic E-state index is 3.63. The number of nitrogens with one attached hydrogen (secondary N) is 2. The molecule has 1 aromatic heterocycles. The van der Waals surface area contributed by atoms with Gasteiger partial charge < -0.3 is 10.6 Å². The maximum Gasteiger partial charge on any atom is 0.0303 e. The van der Waals surface area contributed by atoms with Gasteiger partial charge in [0.25, 0.3) is 0 Å². The molecular formula is C15H26N2S. The maximum atomic E-state index is 3.63. The Morgan fingerprint density at radius 2 is 2.33 bits per heavy atom. The monoisotopic (exact) mass is 266 g/mol. The second kappa shape index (κ2) is 7.27. The first-order chi connectivity index (χ1) is 8.83. The van der Waals surface area contributed by atoms with Crippen LogP contribution in [0.5, 0.6) is 0 Å². The fourth-order valence-electron chi connectivity index (χ4n) is 2.82. The minimum atomic E-state index is 0.675. The third-order valence-electron chi connectivity index (χ3n) is 4.08. The van der Waals surface area contributed by atoms with Crippen LogP contribution in [0.15, 0.2) is 11.4 Å². The lowest BCUT2D eigenvalue weighted by molar-refractivity contribution is 0.288. The molecule has 2 rings (SSSR count). The molecule has 0 bridgehead atoms. The summed E-state index contributed by atoms with van der Waals surface area (Å²) in [7, 11) is 0. The molecule has 0 amide bonds. The Balaban J connectivity index is 1.72. The smallest absolute Gasteiger partial charge is 0.0303 e. The van der Waals surface area contributed by atoms with Gasteiger partial charge in [-0.3, -0.25) is 0 Å². The van der Waals surface area contributed by atoms with Gasteiger partial charge in [-0.1, -0.05) is 20.3 Å². The van der Waals surface area contributed by atoms with Crippen LogP contribution < -0.4 is 10.6 Å². The molecule has 2 N–H and O–H groups in total. The van der Waals surface area contributed by atoms with E-state index < -0.39 is 0 Å². The molecule has 1 aliphatic rings. The van der Waals surface area contributed by atoms with E-state index in [0.717, 1.165) is 25.4 Å². The molecule has 1 saturated heterocycles. The lowest BCUT2D eigenvalue weighted by Gasteiger charge is -2.30. The van der Waals surface area contributed by atoms with Crippen molar-refractivity contribution in [1.29, 1.82) is 0 Å². The van der Waals surface area contributed by atoms with Crippen molar-refractivity contribution in [3.05, 3.63) is 21.9 Å². The highest BCUT2D eigenvalue weighted by Crippen LogP contribution is 2.20. The molecule has 2 heterocycles.